The summed E-state index contributed by atoms with van der Waals surface area (Å²) >= 11 is 6.08. The number of hydrogen-bond acceptors (Lipinski definition) is 5. The van der Waals surface area contributed by atoms with Crippen molar-refractivity contribution in [3.05, 3.63) is 95.3 Å². The molecule has 1 heterocycles. The van der Waals surface area contributed by atoms with Crippen LogP contribution in [0, 0.1) is 0 Å². The molecule has 0 radical (unpaired) electrons. The number of nitrogens with zero attached hydrogens (tertiary/aromatic N) is 1. The highest BCUT2D eigenvalue weighted by molar-refractivity contribution is 7.92. The minimum Gasteiger partial charge on any atom is -0.496 e. The third-order valence-corrected chi connectivity index (χ3v) is 6.15. The van der Waals surface area contributed by atoms with Crippen molar-refractivity contribution in [2.24, 2.45) is 0 Å². The molecule has 0 aliphatic rings. The van der Waals surface area contributed by atoms with Crippen molar-refractivity contribution in [2.45, 2.75) is 11.3 Å². The lowest BCUT2D eigenvalue weighted by molar-refractivity contribution is 0.414. The third kappa shape index (κ3) is 4.73. The van der Waals surface area contributed by atoms with E-state index in [0.717, 1.165) is 5.56 Å². The Balaban J connectivity index is 1.79. The lowest BCUT2D eigenvalue weighted by atomic mass is 10.1. The Morgan fingerprint density at radius 1 is 1.00 bits per heavy atom. The topological polar surface area (TPSA) is 81.4 Å². The summed E-state index contributed by atoms with van der Waals surface area (Å²) in [6.45, 7) is 0. The fraction of sp³-hybridized carbons (Fsp3) is 0.0870. The first-order chi connectivity index (χ1) is 15.0. The summed E-state index contributed by atoms with van der Waals surface area (Å²) in [6, 6.07) is 22.7. The first-order valence-corrected chi connectivity index (χ1v) is 11.3. The average Bonchev–Trinajstić information content (AvgIpc) is 3.16. The molecule has 0 bridgehead atoms. The second-order valence-electron chi connectivity index (χ2n) is 6.71. The number of halogens is 1. The van der Waals surface area contributed by atoms with Gasteiger partial charge in [-0.1, -0.05) is 60.1 Å². The van der Waals surface area contributed by atoms with E-state index >= 15 is 0 Å². The number of sulfonamides is 1. The maximum atomic E-state index is 12.9. The average molecular weight is 455 g/mol. The maximum absolute atomic E-state index is 12.9. The van der Waals surface area contributed by atoms with Gasteiger partial charge in [-0.2, -0.15) is 4.98 Å². The molecule has 31 heavy (non-hydrogen) atoms. The van der Waals surface area contributed by atoms with E-state index < -0.39 is 10.0 Å². The van der Waals surface area contributed by atoms with Crippen LogP contribution < -0.4 is 9.46 Å². The van der Waals surface area contributed by atoms with Crippen molar-refractivity contribution in [3.8, 4) is 17.1 Å². The minimum atomic E-state index is -3.87. The molecule has 0 aliphatic carbocycles. The maximum Gasteiger partial charge on any atom is 0.263 e. The molecule has 0 amide bonds. The number of nitrogens with one attached hydrogen (secondary N) is 1. The standard InChI is InChI=1S/C23H19ClN2O4S/c1-29-20-15-17(24)12-13-19(20)22-23(26-31(27,28)18-10-6-3-7-11-18)25-21(30-22)14-16-8-4-2-5-9-16/h2-13,15,26H,14H2,1H3. The molecular formula is C23H19ClN2O4S. The summed E-state index contributed by atoms with van der Waals surface area (Å²) in [5.74, 6) is 1.13. The van der Waals surface area contributed by atoms with Crippen LogP contribution in [0.15, 0.2) is 88.2 Å². The Bertz CT molecular complexity index is 1290. The first kappa shape index (κ1) is 21.0. The highest BCUT2D eigenvalue weighted by Crippen LogP contribution is 2.38. The normalized spacial score (nSPS) is 11.3. The summed E-state index contributed by atoms with van der Waals surface area (Å²) < 4.78 is 39.8. The second kappa shape index (κ2) is 8.83. The van der Waals surface area contributed by atoms with E-state index in [-0.39, 0.29) is 16.5 Å². The molecule has 0 atom stereocenters. The van der Waals surface area contributed by atoms with Crippen LogP contribution in [0.2, 0.25) is 5.02 Å². The van der Waals surface area contributed by atoms with Gasteiger partial charge in [0.2, 0.25) is 5.89 Å². The number of rotatable bonds is 7. The Morgan fingerprint density at radius 2 is 1.68 bits per heavy atom. The van der Waals surface area contributed by atoms with Crippen molar-refractivity contribution in [1.82, 2.24) is 4.98 Å². The molecule has 0 aliphatic heterocycles. The fourth-order valence-corrected chi connectivity index (χ4v) is 4.29. The van der Waals surface area contributed by atoms with Gasteiger partial charge in [0.15, 0.2) is 11.6 Å². The zero-order valence-electron chi connectivity index (χ0n) is 16.6. The van der Waals surface area contributed by atoms with Gasteiger partial charge in [-0.05, 0) is 35.9 Å². The number of benzene rings is 3. The van der Waals surface area contributed by atoms with Gasteiger partial charge in [0.1, 0.15) is 5.75 Å². The first-order valence-electron chi connectivity index (χ1n) is 9.41. The van der Waals surface area contributed by atoms with Gasteiger partial charge in [-0.15, -0.1) is 0 Å². The SMILES string of the molecule is COc1cc(Cl)ccc1-c1oc(Cc2ccccc2)nc1NS(=O)(=O)c1ccccc1. The molecule has 3 aromatic carbocycles. The van der Waals surface area contributed by atoms with E-state index in [2.05, 4.69) is 9.71 Å². The summed E-state index contributed by atoms with van der Waals surface area (Å²) in [5.41, 5.74) is 1.51. The van der Waals surface area contributed by atoms with Gasteiger partial charge >= 0.3 is 0 Å². The second-order valence-corrected chi connectivity index (χ2v) is 8.83. The molecule has 1 aromatic heterocycles. The number of ether oxygens (including phenoxy) is 1. The molecule has 6 nitrogen and oxygen atoms in total. The van der Waals surface area contributed by atoms with Crippen LogP contribution in [0.4, 0.5) is 5.82 Å². The smallest absolute Gasteiger partial charge is 0.263 e. The number of methoxy groups -OCH3 is 1. The minimum absolute atomic E-state index is 0.0791. The van der Waals surface area contributed by atoms with Gasteiger partial charge in [0.25, 0.3) is 10.0 Å². The Labute approximate surface area is 185 Å². The Kier molecular flexibility index (Phi) is 5.97. The van der Waals surface area contributed by atoms with Crippen LogP contribution in [-0.4, -0.2) is 20.5 Å². The highest BCUT2D eigenvalue weighted by atomic mass is 35.5. The highest BCUT2D eigenvalue weighted by Gasteiger charge is 2.24. The van der Waals surface area contributed by atoms with Crippen molar-refractivity contribution in [2.75, 3.05) is 11.8 Å². The van der Waals surface area contributed by atoms with Gasteiger partial charge in [-0.3, -0.25) is 4.72 Å². The van der Waals surface area contributed by atoms with Gasteiger partial charge in [-0.25, -0.2) is 8.42 Å². The van der Waals surface area contributed by atoms with E-state index in [1.54, 1.807) is 36.4 Å². The molecule has 8 heteroatoms. The summed E-state index contributed by atoms with van der Waals surface area (Å²) in [6.07, 6.45) is 0.400. The lowest BCUT2D eigenvalue weighted by Crippen LogP contribution is -2.13. The van der Waals surface area contributed by atoms with Crippen LogP contribution in [0.25, 0.3) is 11.3 Å². The van der Waals surface area contributed by atoms with Crippen LogP contribution in [0.5, 0.6) is 5.75 Å². The molecule has 0 saturated carbocycles. The van der Waals surface area contributed by atoms with Crippen LogP contribution in [-0.2, 0) is 16.4 Å². The Hall–Kier alpha value is -3.29. The predicted molar refractivity (Wildman–Crippen MR) is 120 cm³/mol. The fourth-order valence-electron chi connectivity index (χ4n) is 3.10. The van der Waals surface area contributed by atoms with Gasteiger partial charge in [0, 0.05) is 11.4 Å². The zero-order chi connectivity index (χ0) is 21.8. The lowest BCUT2D eigenvalue weighted by Gasteiger charge is -2.09. The summed E-state index contributed by atoms with van der Waals surface area (Å²) in [4.78, 5) is 4.57. The van der Waals surface area contributed by atoms with Gasteiger partial charge < -0.3 is 9.15 Å². The van der Waals surface area contributed by atoms with Crippen LogP contribution in [0.3, 0.4) is 0 Å². The zero-order valence-corrected chi connectivity index (χ0v) is 18.2. The van der Waals surface area contributed by atoms with Crippen molar-refractivity contribution in [3.63, 3.8) is 0 Å². The number of aromatic nitrogens is 1. The molecule has 0 unspecified atom stereocenters. The van der Waals surface area contributed by atoms with E-state index in [4.69, 9.17) is 20.8 Å². The molecule has 4 rings (SSSR count). The quantitative estimate of drug-likeness (QED) is 0.404. The molecule has 0 spiro atoms. The monoisotopic (exact) mass is 454 g/mol. The van der Waals surface area contributed by atoms with Crippen LogP contribution in [0.1, 0.15) is 11.5 Å². The van der Waals surface area contributed by atoms with E-state index in [9.17, 15) is 8.42 Å². The molecule has 4 aromatic rings. The van der Waals surface area contributed by atoms with Gasteiger partial charge in [0.05, 0.1) is 17.6 Å². The van der Waals surface area contributed by atoms with E-state index in [1.807, 2.05) is 30.3 Å². The van der Waals surface area contributed by atoms with Crippen molar-refractivity contribution >= 4 is 27.4 Å². The summed E-state index contributed by atoms with van der Waals surface area (Å²) in [7, 11) is -2.37. The molecular weight excluding hydrogens is 436 g/mol. The van der Waals surface area contributed by atoms with Crippen LogP contribution >= 0.6 is 11.6 Å². The largest absolute Gasteiger partial charge is 0.496 e. The van der Waals surface area contributed by atoms with Crippen molar-refractivity contribution < 1.29 is 17.6 Å². The number of anilines is 1. The number of hydrogen-bond donors (Lipinski definition) is 1. The Morgan fingerprint density at radius 3 is 2.35 bits per heavy atom. The van der Waals surface area contributed by atoms with E-state index in [0.29, 0.717) is 28.6 Å². The van der Waals surface area contributed by atoms with Crippen molar-refractivity contribution in [1.29, 1.82) is 0 Å². The summed E-state index contributed by atoms with van der Waals surface area (Å²) in [5, 5.41) is 0.482. The predicted octanol–water partition coefficient (Wildman–Crippen LogP) is 5.40. The van der Waals surface area contributed by atoms with E-state index in [1.165, 1.54) is 19.2 Å². The third-order valence-electron chi connectivity index (χ3n) is 4.56. The number of oxazole rings is 1. The molecule has 158 valence electrons. The molecule has 1 N–H and O–H groups in total. The molecule has 0 saturated heterocycles. The molecule has 0 fully saturated rings.